The Balaban J connectivity index is 1.89. The molecule has 0 aliphatic heterocycles. The van der Waals surface area contributed by atoms with Crippen LogP contribution in [0, 0.1) is 0 Å². The molecule has 28 heavy (non-hydrogen) atoms. The van der Waals surface area contributed by atoms with Crippen LogP contribution in [0.5, 0.6) is 5.75 Å². The van der Waals surface area contributed by atoms with Crippen LogP contribution in [0.2, 0.25) is 0 Å². The van der Waals surface area contributed by atoms with E-state index < -0.39 is 0 Å². The molecule has 0 atom stereocenters. The van der Waals surface area contributed by atoms with Gasteiger partial charge >= 0.3 is 0 Å². The number of ether oxygens (including phenoxy) is 2. The van der Waals surface area contributed by atoms with Crippen LogP contribution in [0.15, 0.2) is 60.8 Å². The van der Waals surface area contributed by atoms with Gasteiger partial charge in [0.15, 0.2) is 0 Å². The van der Waals surface area contributed by atoms with Gasteiger partial charge in [0.1, 0.15) is 11.4 Å². The smallest absolute Gasteiger partial charge is 0.255 e. The van der Waals surface area contributed by atoms with Crippen molar-refractivity contribution in [2.24, 2.45) is 0 Å². The third kappa shape index (κ3) is 4.98. The van der Waals surface area contributed by atoms with Crippen LogP contribution in [-0.4, -0.2) is 43.1 Å². The number of rotatable bonds is 9. The van der Waals surface area contributed by atoms with Crippen LogP contribution >= 0.6 is 0 Å². The zero-order valence-electron chi connectivity index (χ0n) is 16.2. The van der Waals surface area contributed by atoms with Crippen molar-refractivity contribution in [2.75, 3.05) is 27.4 Å². The van der Waals surface area contributed by atoms with Crippen molar-refractivity contribution in [1.29, 1.82) is 0 Å². The van der Waals surface area contributed by atoms with E-state index in [0.717, 1.165) is 23.3 Å². The van der Waals surface area contributed by atoms with Crippen LogP contribution in [0.3, 0.4) is 0 Å². The Morgan fingerprint density at radius 2 is 1.93 bits per heavy atom. The van der Waals surface area contributed by atoms with E-state index in [-0.39, 0.29) is 5.91 Å². The number of methoxy groups -OCH3 is 2. The maximum Gasteiger partial charge on any atom is 0.255 e. The van der Waals surface area contributed by atoms with Gasteiger partial charge in [-0.25, -0.2) is 0 Å². The summed E-state index contributed by atoms with van der Waals surface area (Å²) in [5, 5.41) is 7.64. The fourth-order valence-corrected chi connectivity index (χ4v) is 2.94. The Bertz CT molecular complexity index is 906. The van der Waals surface area contributed by atoms with Crippen LogP contribution < -0.4 is 10.1 Å². The Morgan fingerprint density at radius 1 is 1.11 bits per heavy atom. The maximum absolute atomic E-state index is 12.8. The molecule has 2 aromatic carbocycles. The first-order chi connectivity index (χ1) is 13.7. The average Bonchev–Trinajstić information content (AvgIpc) is 3.16. The first-order valence-electron chi connectivity index (χ1n) is 9.24. The first kappa shape index (κ1) is 19.6. The van der Waals surface area contributed by atoms with Gasteiger partial charge < -0.3 is 14.8 Å². The maximum atomic E-state index is 12.8. The molecule has 0 unspecified atom stereocenters. The first-order valence-corrected chi connectivity index (χ1v) is 9.24. The fourth-order valence-electron chi connectivity index (χ4n) is 2.94. The molecule has 0 bridgehead atoms. The predicted molar refractivity (Wildman–Crippen MR) is 109 cm³/mol. The van der Waals surface area contributed by atoms with E-state index in [9.17, 15) is 4.79 Å². The van der Waals surface area contributed by atoms with Gasteiger partial charge in [-0.05, 0) is 24.1 Å². The Morgan fingerprint density at radius 3 is 2.68 bits per heavy atom. The number of nitrogens with zero attached hydrogens (tertiary/aromatic N) is 2. The van der Waals surface area contributed by atoms with Crippen molar-refractivity contribution in [1.82, 2.24) is 15.1 Å². The third-order valence-electron chi connectivity index (χ3n) is 4.35. The lowest BCUT2D eigenvalue weighted by molar-refractivity contribution is 0.0949. The summed E-state index contributed by atoms with van der Waals surface area (Å²) < 4.78 is 12.2. The lowest BCUT2D eigenvalue weighted by Crippen LogP contribution is -2.25. The van der Waals surface area contributed by atoms with Gasteiger partial charge in [-0.1, -0.05) is 42.5 Å². The van der Waals surface area contributed by atoms with Crippen molar-refractivity contribution >= 4 is 5.91 Å². The van der Waals surface area contributed by atoms with Crippen LogP contribution in [0.25, 0.3) is 11.3 Å². The van der Waals surface area contributed by atoms with E-state index in [0.29, 0.717) is 31.0 Å². The highest BCUT2D eigenvalue weighted by molar-refractivity contribution is 5.99. The topological polar surface area (TPSA) is 65.4 Å². The zero-order chi connectivity index (χ0) is 19.8. The number of carbonyl (C=O) groups excluding carboxylic acids is 1. The molecule has 1 aromatic heterocycles. The summed E-state index contributed by atoms with van der Waals surface area (Å²) in [5.41, 5.74) is 3.14. The molecule has 0 fully saturated rings. The highest BCUT2D eigenvalue weighted by Gasteiger charge is 2.18. The van der Waals surface area contributed by atoms with Crippen molar-refractivity contribution in [3.8, 4) is 17.0 Å². The number of nitrogens with one attached hydrogen (secondary N) is 1. The average molecular weight is 379 g/mol. The molecule has 0 saturated carbocycles. The normalized spacial score (nSPS) is 10.6. The molecule has 3 rings (SSSR count). The molecule has 0 aliphatic rings. The van der Waals surface area contributed by atoms with Crippen molar-refractivity contribution < 1.29 is 14.3 Å². The summed E-state index contributed by atoms with van der Waals surface area (Å²) in [4.78, 5) is 12.8. The second kappa shape index (κ2) is 9.71. The lowest BCUT2D eigenvalue weighted by atomic mass is 10.1. The molecular formula is C22H25N3O3. The van der Waals surface area contributed by atoms with Crippen molar-refractivity contribution in [3.63, 3.8) is 0 Å². The molecule has 1 N–H and O–H groups in total. The van der Waals surface area contributed by atoms with Gasteiger partial charge in [-0.15, -0.1) is 0 Å². The molecule has 1 heterocycles. The summed E-state index contributed by atoms with van der Waals surface area (Å²) in [5.74, 6) is 0.579. The molecule has 3 aromatic rings. The molecular weight excluding hydrogens is 354 g/mol. The van der Waals surface area contributed by atoms with Gasteiger partial charge in [-0.2, -0.15) is 5.10 Å². The number of hydrogen-bond acceptors (Lipinski definition) is 4. The molecule has 0 radical (unpaired) electrons. The molecule has 0 saturated heterocycles. The second-order valence-electron chi connectivity index (χ2n) is 6.41. The standard InChI is InChI=1S/C22H25N3O3/c1-27-13-7-12-23-22(26)20-16-25(15-17-8-4-3-5-9-17)24-21(20)18-10-6-11-19(14-18)28-2/h3-6,8-11,14,16H,7,12-13,15H2,1-2H3,(H,23,26). The minimum Gasteiger partial charge on any atom is -0.497 e. The van der Waals surface area contributed by atoms with Crippen LogP contribution in [-0.2, 0) is 11.3 Å². The Kier molecular flexibility index (Phi) is 6.81. The second-order valence-corrected chi connectivity index (χ2v) is 6.41. The fraction of sp³-hybridized carbons (Fsp3) is 0.273. The summed E-state index contributed by atoms with van der Waals surface area (Å²) >= 11 is 0. The van der Waals surface area contributed by atoms with Gasteiger partial charge in [0.25, 0.3) is 5.91 Å². The molecule has 6 nitrogen and oxygen atoms in total. The van der Waals surface area contributed by atoms with Gasteiger partial charge in [0.05, 0.1) is 19.2 Å². The number of carbonyl (C=O) groups is 1. The van der Waals surface area contributed by atoms with E-state index in [1.165, 1.54) is 0 Å². The third-order valence-corrected chi connectivity index (χ3v) is 4.35. The SMILES string of the molecule is COCCCNC(=O)c1cn(Cc2ccccc2)nc1-c1cccc(OC)c1. The Hall–Kier alpha value is -3.12. The highest BCUT2D eigenvalue weighted by Crippen LogP contribution is 2.26. The minimum absolute atomic E-state index is 0.145. The summed E-state index contributed by atoms with van der Waals surface area (Å²) in [6.07, 6.45) is 2.56. The summed E-state index contributed by atoms with van der Waals surface area (Å²) in [6.45, 7) is 1.75. The van der Waals surface area contributed by atoms with Crippen LogP contribution in [0.1, 0.15) is 22.3 Å². The van der Waals surface area contributed by atoms with E-state index >= 15 is 0 Å². The number of hydrogen-bond donors (Lipinski definition) is 1. The monoisotopic (exact) mass is 379 g/mol. The molecule has 0 spiro atoms. The number of amides is 1. The van der Waals surface area contributed by atoms with Gasteiger partial charge in [-0.3, -0.25) is 9.48 Å². The van der Waals surface area contributed by atoms with Crippen molar-refractivity contribution in [3.05, 3.63) is 71.9 Å². The van der Waals surface area contributed by atoms with Crippen molar-refractivity contribution in [2.45, 2.75) is 13.0 Å². The van der Waals surface area contributed by atoms with E-state index in [1.807, 2.05) is 54.6 Å². The zero-order valence-corrected chi connectivity index (χ0v) is 16.2. The van der Waals surface area contributed by atoms with E-state index in [4.69, 9.17) is 14.6 Å². The molecule has 1 amide bonds. The minimum atomic E-state index is -0.145. The molecule has 0 aliphatic carbocycles. The predicted octanol–water partition coefficient (Wildman–Crippen LogP) is 3.37. The van der Waals surface area contributed by atoms with E-state index in [2.05, 4.69) is 5.32 Å². The Labute approximate surface area is 165 Å². The van der Waals surface area contributed by atoms with Gasteiger partial charge in [0, 0.05) is 32.0 Å². The highest BCUT2D eigenvalue weighted by atomic mass is 16.5. The van der Waals surface area contributed by atoms with Crippen LogP contribution in [0.4, 0.5) is 0 Å². The molecule has 146 valence electrons. The molecule has 6 heteroatoms. The van der Waals surface area contributed by atoms with Gasteiger partial charge in [0.2, 0.25) is 0 Å². The quantitative estimate of drug-likeness (QED) is 0.579. The largest absolute Gasteiger partial charge is 0.497 e. The van der Waals surface area contributed by atoms with E-state index in [1.54, 1.807) is 25.1 Å². The lowest BCUT2D eigenvalue weighted by Gasteiger charge is -2.06. The summed E-state index contributed by atoms with van der Waals surface area (Å²) in [7, 11) is 3.27. The number of benzene rings is 2. The number of aromatic nitrogens is 2. The summed E-state index contributed by atoms with van der Waals surface area (Å²) in [6, 6.07) is 17.6.